The van der Waals surface area contributed by atoms with Crippen LogP contribution in [0.1, 0.15) is 40.0 Å². The molecule has 2 aliphatic heterocycles. The average Bonchev–Trinajstić information content (AvgIpc) is 2.90. The highest BCUT2D eigenvalue weighted by molar-refractivity contribution is 5.97. The van der Waals surface area contributed by atoms with Crippen molar-refractivity contribution in [2.75, 3.05) is 51.8 Å². The van der Waals surface area contributed by atoms with Crippen LogP contribution in [0.5, 0.6) is 5.75 Å². The average molecular weight is 493 g/mol. The van der Waals surface area contributed by atoms with E-state index in [0.29, 0.717) is 68.3 Å². The minimum absolute atomic E-state index is 0.0643. The van der Waals surface area contributed by atoms with Crippen molar-refractivity contribution in [1.29, 1.82) is 0 Å². The first-order valence-electron chi connectivity index (χ1n) is 12.1. The number of aromatic nitrogens is 2. The van der Waals surface area contributed by atoms with Gasteiger partial charge in [-0.2, -0.15) is 0 Å². The molecule has 1 aromatic heterocycles. The van der Waals surface area contributed by atoms with Gasteiger partial charge >= 0.3 is 0 Å². The molecule has 0 atom stereocenters. The predicted octanol–water partition coefficient (Wildman–Crippen LogP) is 1.65. The maximum Gasteiger partial charge on any atom is 0.256 e. The monoisotopic (exact) mass is 492 g/mol. The molecule has 0 bridgehead atoms. The summed E-state index contributed by atoms with van der Waals surface area (Å²) in [5, 5.41) is 5.82. The second-order valence-corrected chi connectivity index (χ2v) is 9.23. The Balaban J connectivity index is 1.43. The molecular formula is C26H32N6O4. The van der Waals surface area contributed by atoms with Crippen LogP contribution >= 0.6 is 0 Å². The molecule has 0 saturated carbocycles. The van der Waals surface area contributed by atoms with Crippen LogP contribution < -0.4 is 20.3 Å². The van der Waals surface area contributed by atoms with Crippen molar-refractivity contribution in [2.24, 2.45) is 5.41 Å². The smallest absolute Gasteiger partial charge is 0.256 e. The number of carbonyl (C=O) groups is 3. The number of rotatable bonds is 2. The number of ether oxygens (including phenoxy) is 1. The summed E-state index contributed by atoms with van der Waals surface area (Å²) in [7, 11) is 3.68. The molecule has 0 unspecified atom stereocenters. The van der Waals surface area contributed by atoms with E-state index >= 15 is 0 Å². The Hall–Kier alpha value is -3.95. The number of fused-ring (bicyclic) bond motifs is 1. The molecule has 4 rings (SSSR count). The normalized spacial score (nSPS) is 19.2. The lowest BCUT2D eigenvalue weighted by Gasteiger charge is -2.40. The Morgan fingerprint density at radius 3 is 2.44 bits per heavy atom. The summed E-state index contributed by atoms with van der Waals surface area (Å²) < 4.78 is 5.81. The number of likely N-dealkylation sites (tertiary alicyclic amines) is 1. The van der Waals surface area contributed by atoms with Gasteiger partial charge in [-0.05, 0) is 31.4 Å². The van der Waals surface area contributed by atoms with E-state index in [9.17, 15) is 14.4 Å². The van der Waals surface area contributed by atoms with Crippen LogP contribution in [-0.4, -0.2) is 79.5 Å². The molecule has 1 aromatic carbocycles. The highest BCUT2D eigenvalue weighted by Crippen LogP contribution is 2.36. The summed E-state index contributed by atoms with van der Waals surface area (Å²) in [6.45, 7) is 1.82. The molecule has 2 aromatic rings. The maximum absolute atomic E-state index is 13.3. The van der Waals surface area contributed by atoms with E-state index in [1.807, 2.05) is 32.3 Å². The van der Waals surface area contributed by atoms with E-state index < -0.39 is 5.41 Å². The molecule has 190 valence electrons. The highest BCUT2D eigenvalue weighted by Gasteiger charge is 2.41. The Morgan fingerprint density at radius 1 is 1.03 bits per heavy atom. The van der Waals surface area contributed by atoms with Crippen molar-refractivity contribution in [2.45, 2.75) is 19.3 Å². The number of hydrogen-bond acceptors (Lipinski definition) is 7. The molecule has 0 radical (unpaired) electrons. The molecule has 0 aliphatic carbocycles. The number of benzene rings is 1. The molecular weight excluding hydrogens is 460 g/mol. The second kappa shape index (κ2) is 11.2. The van der Waals surface area contributed by atoms with Crippen LogP contribution in [0.2, 0.25) is 0 Å². The van der Waals surface area contributed by atoms with Crippen LogP contribution in [0.4, 0.5) is 5.95 Å². The lowest BCUT2D eigenvalue weighted by Crippen LogP contribution is -2.51. The van der Waals surface area contributed by atoms with E-state index in [-0.39, 0.29) is 24.3 Å². The van der Waals surface area contributed by atoms with Crippen LogP contribution in [0.15, 0.2) is 48.8 Å². The molecule has 10 heteroatoms. The minimum atomic E-state index is -0.634. The molecule has 2 aliphatic rings. The van der Waals surface area contributed by atoms with Crippen molar-refractivity contribution >= 4 is 23.7 Å². The summed E-state index contributed by atoms with van der Waals surface area (Å²) in [6.07, 6.45) is 8.51. The van der Waals surface area contributed by atoms with E-state index in [0.717, 1.165) is 0 Å². The fourth-order valence-electron chi connectivity index (χ4n) is 4.44. The van der Waals surface area contributed by atoms with Gasteiger partial charge in [-0.3, -0.25) is 14.4 Å². The fourth-order valence-corrected chi connectivity index (χ4v) is 4.44. The van der Waals surface area contributed by atoms with Gasteiger partial charge in [0, 0.05) is 52.7 Å². The molecule has 2 N–H and O–H groups in total. The topological polar surface area (TPSA) is 117 Å². The number of allylic oxidation sites excluding steroid dienone is 1. The first-order chi connectivity index (χ1) is 17.4. The number of para-hydroxylation sites is 1. The number of nitrogens with one attached hydrogen (secondary N) is 2. The lowest BCUT2D eigenvalue weighted by atomic mass is 9.74. The Morgan fingerprint density at radius 2 is 1.72 bits per heavy atom. The van der Waals surface area contributed by atoms with Crippen molar-refractivity contribution in [1.82, 2.24) is 25.5 Å². The van der Waals surface area contributed by atoms with Gasteiger partial charge in [0.05, 0.1) is 16.5 Å². The van der Waals surface area contributed by atoms with Gasteiger partial charge in [0.2, 0.25) is 11.9 Å². The SMILES string of the molecule is CN(C)c1ncc(C(=O)N2CCC3(C/C=C/COc4ccccc4C(=O)NCCNC3=O)CC2)cn1. The van der Waals surface area contributed by atoms with E-state index in [4.69, 9.17) is 4.74 Å². The number of anilines is 1. The van der Waals surface area contributed by atoms with Crippen LogP contribution in [-0.2, 0) is 4.79 Å². The fraction of sp³-hybridized carbons (Fsp3) is 0.423. The number of carbonyl (C=O) groups excluding carboxylic acids is 3. The van der Waals surface area contributed by atoms with Gasteiger partial charge in [0.1, 0.15) is 12.4 Å². The zero-order valence-corrected chi connectivity index (χ0v) is 20.7. The number of hydrogen-bond donors (Lipinski definition) is 2. The van der Waals surface area contributed by atoms with Crippen LogP contribution in [0, 0.1) is 5.41 Å². The van der Waals surface area contributed by atoms with Crippen LogP contribution in [0.25, 0.3) is 0 Å². The number of nitrogens with zero attached hydrogens (tertiary/aromatic N) is 4. The van der Waals surface area contributed by atoms with Gasteiger partial charge in [0.15, 0.2) is 0 Å². The molecule has 10 nitrogen and oxygen atoms in total. The maximum atomic E-state index is 13.3. The summed E-state index contributed by atoms with van der Waals surface area (Å²) in [5.41, 5.74) is 0.259. The van der Waals surface area contributed by atoms with Gasteiger partial charge in [-0.25, -0.2) is 9.97 Å². The number of amides is 3. The summed E-state index contributed by atoms with van der Waals surface area (Å²) >= 11 is 0. The molecule has 1 fully saturated rings. The Bertz CT molecular complexity index is 1120. The quantitative estimate of drug-likeness (QED) is 0.613. The lowest BCUT2D eigenvalue weighted by molar-refractivity contribution is -0.133. The minimum Gasteiger partial charge on any atom is -0.489 e. The number of piperidine rings is 1. The van der Waals surface area contributed by atoms with Gasteiger partial charge in [-0.1, -0.05) is 24.3 Å². The van der Waals surface area contributed by atoms with Crippen molar-refractivity contribution in [3.63, 3.8) is 0 Å². The second-order valence-electron chi connectivity index (χ2n) is 9.23. The Labute approximate surface area is 210 Å². The van der Waals surface area contributed by atoms with E-state index in [1.165, 1.54) is 0 Å². The van der Waals surface area contributed by atoms with Gasteiger partial charge in [-0.15, -0.1) is 0 Å². The standard InChI is InChI=1S/C26H32N6O4/c1-31(2)25-29-17-19(18-30-25)23(34)32-14-10-26(11-15-32)9-5-6-16-36-21-8-4-3-7-20(21)22(33)27-12-13-28-24(26)35/h3-8,17-18H,9-16H2,1-2H3,(H,27,33)(H,28,35)/b6-5+. The first kappa shape index (κ1) is 25.2. The largest absolute Gasteiger partial charge is 0.489 e. The summed E-state index contributed by atoms with van der Waals surface area (Å²) in [6, 6.07) is 7.09. The highest BCUT2D eigenvalue weighted by atomic mass is 16.5. The Kier molecular flexibility index (Phi) is 7.82. The predicted molar refractivity (Wildman–Crippen MR) is 135 cm³/mol. The molecule has 36 heavy (non-hydrogen) atoms. The molecule has 1 spiro atoms. The summed E-state index contributed by atoms with van der Waals surface area (Å²) in [5.74, 6) is 0.609. The van der Waals surface area contributed by atoms with E-state index in [1.54, 1.807) is 40.4 Å². The first-order valence-corrected chi connectivity index (χ1v) is 12.1. The van der Waals surface area contributed by atoms with Crippen LogP contribution in [0.3, 0.4) is 0 Å². The molecule has 1 saturated heterocycles. The molecule has 3 heterocycles. The van der Waals surface area contributed by atoms with Gasteiger partial charge < -0.3 is 25.2 Å². The third-order valence-electron chi connectivity index (χ3n) is 6.61. The molecule has 3 amide bonds. The van der Waals surface area contributed by atoms with Gasteiger partial charge in [0.25, 0.3) is 11.8 Å². The third kappa shape index (κ3) is 5.64. The van der Waals surface area contributed by atoms with Crippen molar-refractivity contribution in [3.05, 3.63) is 59.9 Å². The zero-order valence-electron chi connectivity index (χ0n) is 20.7. The third-order valence-corrected chi connectivity index (χ3v) is 6.61. The summed E-state index contributed by atoms with van der Waals surface area (Å²) in [4.78, 5) is 50.8. The van der Waals surface area contributed by atoms with E-state index in [2.05, 4.69) is 20.6 Å². The van der Waals surface area contributed by atoms with Crippen molar-refractivity contribution in [3.8, 4) is 5.75 Å². The van der Waals surface area contributed by atoms with Crippen molar-refractivity contribution < 1.29 is 19.1 Å². The zero-order chi connectivity index (χ0) is 25.5.